The van der Waals surface area contributed by atoms with Gasteiger partial charge in [0, 0.05) is 24.9 Å². The van der Waals surface area contributed by atoms with Gasteiger partial charge in [-0.3, -0.25) is 9.59 Å². The molecule has 1 unspecified atom stereocenters. The van der Waals surface area contributed by atoms with Crippen LogP contribution in [0, 0.1) is 11.8 Å². The zero-order chi connectivity index (χ0) is 18.0. The van der Waals surface area contributed by atoms with Crippen LogP contribution in [0.1, 0.15) is 50.3 Å². The van der Waals surface area contributed by atoms with E-state index in [9.17, 15) is 9.59 Å². The molecule has 1 saturated heterocycles. The Bertz CT molecular complexity index is 648. The summed E-state index contributed by atoms with van der Waals surface area (Å²) in [4.78, 5) is 26.6. The number of benzene rings is 1. The molecule has 1 fully saturated rings. The van der Waals surface area contributed by atoms with Gasteiger partial charge in [-0.05, 0) is 42.9 Å². The maximum Gasteiger partial charge on any atom is 0.225 e. The second-order valence-corrected chi connectivity index (χ2v) is 7.38. The molecule has 0 radical (unpaired) electrons. The first-order valence-corrected chi connectivity index (χ1v) is 9.26. The maximum absolute atomic E-state index is 12.7. The number of methoxy groups -OCH3 is 1. The summed E-state index contributed by atoms with van der Waals surface area (Å²) in [7, 11) is 1.69. The molecule has 1 aromatic rings. The third kappa shape index (κ3) is 3.65. The molecule has 0 spiro atoms. The van der Waals surface area contributed by atoms with Crippen LogP contribution in [0.15, 0.2) is 18.2 Å². The third-order valence-electron chi connectivity index (χ3n) is 5.44. The fraction of sp³-hybridized carbons (Fsp3) is 0.600. The Morgan fingerprint density at radius 1 is 1.20 bits per heavy atom. The van der Waals surface area contributed by atoms with E-state index < -0.39 is 0 Å². The first kappa shape index (κ1) is 17.8. The van der Waals surface area contributed by atoms with Crippen molar-refractivity contribution in [2.45, 2.75) is 45.6 Å². The normalized spacial score (nSPS) is 20.5. The van der Waals surface area contributed by atoms with E-state index in [2.05, 4.69) is 11.4 Å². The van der Waals surface area contributed by atoms with Crippen LogP contribution in [0.4, 0.5) is 0 Å². The molecule has 1 atom stereocenters. The molecule has 1 heterocycles. The van der Waals surface area contributed by atoms with Crippen molar-refractivity contribution in [3.8, 4) is 5.75 Å². The number of ether oxygens (including phenoxy) is 1. The van der Waals surface area contributed by atoms with E-state index in [1.807, 2.05) is 30.9 Å². The Morgan fingerprint density at radius 3 is 2.56 bits per heavy atom. The van der Waals surface area contributed by atoms with Crippen LogP contribution >= 0.6 is 0 Å². The number of carbonyl (C=O) groups is 2. The van der Waals surface area contributed by atoms with Gasteiger partial charge in [-0.2, -0.15) is 0 Å². The van der Waals surface area contributed by atoms with E-state index in [1.165, 1.54) is 11.1 Å². The van der Waals surface area contributed by atoms with Gasteiger partial charge < -0.3 is 15.0 Å². The van der Waals surface area contributed by atoms with Crippen molar-refractivity contribution in [2.24, 2.45) is 11.8 Å². The number of amides is 2. The highest BCUT2D eigenvalue weighted by molar-refractivity contribution is 5.81. The number of nitrogens with one attached hydrogen (secondary N) is 1. The zero-order valence-corrected chi connectivity index (χ0v) is 15.4. The summed E-state index contributed by atoms with van der Waals surface area (Å²) >= 11 is 0. The summed E-state index contributed by atoms with van der Waals surface area (Å²) in [6, 6.07) is 6.12. The largest absolute Gasteiger partial charge is 0.496 e. The van der Waals surface area contributed by atoms with Crippen molar-refractivity contribution in [3.05, 3.63) is 29.3 Å². The van der Waals surface area contributed by atoms with Crippen LogP contribution in [0.3, 0.4) is 0 Å². The highest BCUT2D eigenvalue weighted by Gasteiger charge is 2.31. The van der Waals surface area contributed by atoms with Gasteiger partial charge in [0.05, 0.1) is 13.2 Å². The van der Waals surface area contributed by atoms with E-state index in [0.717, 1.165) is 31.4 Å². The number of nitrogens with zero attached hydrogens (tertiary/aromatic N) is 1. The number of rotatable bonds is 4. The highest BCUT2D eigenvalue weighted by atomic mass is 16.5. The average molecular weight is 344 g/mol. The van der Waals surface area contributed by atoms with Crippen molar-refractivity contribution in [1.82, 2.24) is 10.2 Å². The van der Waals surface area contributed by atoms with E-state index in [-0.39, 0.29) is 29.7 Å². The maximum atomic E-state index is 12.7. The second-order valence-electron chi connectivity index (χ2n) is 7.38. The number of likely N-dealkylation sites (tertiary alicyclic amines) is 1. The first-order chi connectivity index (χ1) is 12.0. The van der Waals surface area contributed by atoms with Gasteiger partial charge >= 0.3 is 0 Å². The van der Waals surface area contributed by atoms with Crippen LogP contribution in [-0.2, 0) is 16.0 Å². The molecule has 1 aliphatic heterocycles. The lowest BCUT2D eigenvalue weighted by Gasteiger charge is -2.33. The molecule has 2 amide bonds. The van der Waals surface area contributed by atoms with E-state index in [4.69, 9.17) is 4.74 Å². The minimum Gasteiger partial charge on any atom is -0.496 e. The van der Waals surface area contributed by atoms with Crippen LogP contribution in [0.2, 0.25) is 0 Å². The van der Waals surface area contributed by atoms with E-state index in [1.54, 1.807) is 7.11 Å². The lowest BCUT2D eigenvalue weighted by Crippen LogP contribution is -2.44. The lowest BCUT2D eigenvalue weighted by atomic mass is 9.94. The number of hydrogen-bond acceptors (Lipinski definition) is 3. The van der Waals surface area contributed by atoms with Crippen molar-refractivity contribution >= 4 is 11.8 Å². The van der Waals surface area contributed by atoms with Crippen LogP contribution in [0.25, 0.3) is 0 Å². The summed E-state index contributed by atoms with van der Waals surface area (Å²) in [6.07, 6.45) is 3.36. The Labute approximate surface area is 149 Å². The van der Waals surface area contributed by atoms with Crippen LogP contribution in [0.5, 0.6) is 5.75 Å². The quantitative estimate of drug-likeness (QED) is 0.914. The van der Waals surface area contributed by atoms with Gasteiger partial charge in [-0.1, -0.05) is 26.0 Å². The number of hydrogen-bond donors (Lipinski definition) is 1. The number of carbonyl (C=O) groups excluding carboxylic acids is 2. The topological polar surface area (TPSA) is 58.6 Å². The molecule has 0 saturated carbocycles. The monoisotopic (exact) mass is 344 g/mol. The van der Waals surface area contributed by atoms with Crippen molar-refractivity contribution in [3.63, 3.8) is 0 Å². The summed E-state index contributed by atoms with van der Waals surface area (Å²) in [5, 5.41) is 3.22. The second kappa shape index (κ2) is 7.46. The highest BCUT2D eigenvalue weighted by Crippen LogP contribution is 2.37. The van der Waals surface area contributed by atoms with Crippen molar-refractivity contribution in [2.75, 3.05) is 20.2 Å². The van der Waals surface area contributed by atoms with Crippen molar-refractivity contribution in [1.29, 1.82) is 0 Å². The molecule has 0 aromatic heterocycles. The number of fused-ring (bicyclic) bond motifs is 1. The van der Waals surface area contributed by atoms with Crippen LogP contribution in [-0.4, -0.2) is 36.9 Å². The Morgan fingerprint density at radius 2 is 1.92 bits per heavy atom. The van der Waals surface area contributed by atoms with Gasteiger partial charge in [-0.15, -0.1) is 0 Å². The minimum atomic E-state index is 0.00544. The predicted molar refractivity (Wildman–Crippen MR) is 96.3 cm³/mol. The summed E-state index contributed by atoms with van der Waals surface area (Å²) < 4.78 is 5.43. The molecule has 0 bridgehead atoms. The van der Waals surface area contributed by atoms with Crippen molar-refractivity contribution < 1.29 is 14.3 Å². The fourth-order valence-corrected chi connectivity index (χ4v) is 3.98. The smallest absolute Gasteiger partial charge is 0.225 e. The van der Waals surface area contributed by atoms with Gasteiger partial charge in [0.1, 0.15) is 5.75 Å². The Balaban J connectivity index is 1.58. The summed E-state index contributed by atoms with van der Waals surface area (Å²) in [6.45, 7) is 5.22. The van der Waals surface area contributed by atoms with Crippen LogP contribution < -0.4 is 10.1 Å². The molecule has 25 heavy (non-hydrogen) atoms. The summed E-state index contributed by atoms with van der Waals surface area (Å²) in [5.74, 6) is 1.25. The fourth-order valence-electron chi connectivity index (χ4n) is 3.98. The van der Waals surface area contributed by atoms with E-state index >= 15 is 0 Å². The molecule has 5 nitrogen and oxygen atoms in total. The number of piperidine rings is 1. The zero-order valence-electron chi connectivity index (χ0n) is 15.4. The molecule has 1 aliphatic carbocycles. The molecule has 1 aromatic carbocycles. The third-order valence-corrected chi connectivity index (χ3v) is 5.44. The average Bonchev–Trinajstić information content (AvgIpc) is 3.04. The van der Waals surface area contributed by atoms with Gasteiger partial charge in [0.2, 0.25) is 11.8 Å². The SMILES string of the molecule is COc1cccc2c1CCC2NC(=O)C1CCN(C(=O)C(C)C)CC1. The minimum absolute atomic E-state index is 0.00544. The van der Waals surface area contributed by atoms with Gasteiger partial charge in [-0.25, -0.2) is 0 Å². The lowest BCUT2D eigenvalue weighted by molar-refractivity contribution is -0.138. The molecular weight excluding hydrogens is 316 g/mol. The van der Waals surface area contributed by atoms with Gasteiger partial charge in [0.25, 0.3) is 0 Å². The molecule has 136 valence electrons. The molecule has 3 rings (SSSR count). The standard InChI is InChI=1S/C20H28N2O3/c1-13(2)20(24)22-11-9-14(10-12-22)19(23)21-17-8-7-16-15(17)5-4-6-18(16)25-3/h4-6,13-14,17H,7-12H2,1-3H3,(H,21,23). The van der Waals surface area contributed by atoms with E-state index in [0.29, 0.717) is 13.1 Å². The van der Waals surface area contributed by atoms with Gasteiger partial charge in [0.15, 0.2) is 0 Å². The first-order valence-electron chi connectivity index (χ1n) is 9.26. The predicted octanol–water partition coefficient (Wildman–Crippen LogP) is 2.69. The Hall–Kier alpha value is -2.04. The molecule has 1 N–H and O–H groups in total. The molecule has 2 aliphatic rings. The molecular formula is C20H28N2O3. The Kier molecular flexibility index (Phi) is 5.30. The summed E-state index contributed by atoms with van der Waals surface area (Å²) in [5.41, 5.74) is 2.40. The molecule has 5 heteroatoms.